The maximum absolute atomic E-state index is 5.77. The van der Waals surface area contributed by atoms with E-state index in [1.54, 1.807) is 0 Å². The van der Waals surface area contributed by atoms with Crippen LogP contribution in [-0.2, 0) is 5.41 Å². The third kappa shape index (κ3) is 13.7. The summed E-state index contributed by atoms with van der Waals surface area (Å²) in [4.78, 5) is 35.8. The summed E-state index contributed by atoms with van der Waals surface area (Å²) in [5.41, 5.74) is 31.0. The molecule has 0 spiro atoms. The SMILES string of the molecule is CC1(C)c2cc(-c3cccc(-c4cc(-c5ccccc5)cc(-c5ccccc5)c4)c3)ccc2N(c2nc(-c3ccccc3)nc(-c3cccc(-c4cc(-c5ccccc5)cc(-c5ccccc5)c4)c3)n2)c2cc3c(cc21)c1ccccc1n3-c1nc(-c2ccccc2)nc(-c2cccc(-c3cc(-c4ccccc4)cc(-c4ccccc4)c3)c2)n1. The number of rotatable bonds is 16. The largest absolute Gasteiger partial charge is 0.278 e. The molecule has 1 aliphatic rings. The van der Waals surface area contributed by atoms with Gasteiger partial charge in [0.05, 0.1) is 22.4 Å². The van der Waals surface area contributed by atoms with Gasteiger partial charge in [0.2, 0.25) is 11.9 Å². The van der Waals surface area contributed by atoms with E-state index in [1.165, 1.54) is 0 Å². The summed E-state index contributed by atoms with van der Waals surface area (Å²) in [7, 11) is 0. The van der Waals surface area contributed by atoms with Gasteiger partial charge in [-0.1, -0.05) is 335 Å². The molecule has 4 heterocycles. The molecule has 0 saturated carbocycles. The summed E-state index contributed by atoms with van der Waals surface area (Å²) in [5, 5.41) is 2.09. The predicted octanol–water partition coefficient (Wildman–Crippen LogP) is 28.6. The molecule has 21 rings (SSSR count). The van der Waals surface area contributed by atoms with Crippen molar-refractivity contribution in [2.45, 2.75) is 19.3 Å². The molecule has 0 aliphatic carbocycles. The molecule has 0 amide bonds. The lowest BCUT2D eigenvalue weighted by Gasteiger charge is -2.41. The van der Waals surface area contributed by atoms with Crippen LogP contribution in [0.15, 0.2) is 425 Å². The Morgan fingerprint density at radius 2 is 0.445 bits per heavy atom. The molecule has 1 aliphatic heterocycles. The highest BCUT2D eigenvalue weighted by Crippen LogP contribution is 2.55. The molecule has 0 radical (unpaired) electrons. The third-order valence-corrected chi connectivity index (χ3v) is 23.2. The van der Waals surface area contributed by atoms with E-state index in [9.17, 15) is 0 Å². The molecule has 119 heavy (non-hydrogen) atoms. The number of hydrogen-bond acceptors (Lipinski definition) is 7. The lowest BCUT2D eigenvalue weighted by Crippen LogP contribution is -2.31. The number of anilines is 3. The fraction of sp³-hybridized carbons (Fsp3) is 0.0270. The van der Waals surface area contributed by atoms with Crippen LogP contribution in [0.25, 0.3) is 185 Å². The van der Waals surface area contributed by atoms with Gasteiger partial charge in [0.1, 0.15) is 0 Å². The molecule has 0 unspecified atom stereocenters. The fourth-order valence-corrected chi connectivity index (χ4v) is 17.1. The van der Waals surface area contributed by atoms with Gasteiger partial charge < -0.3 is 0 Å². The smallest absolute Gasteiger partial charge is 0.238 e. The number of benzene rings is 17. The van der Waals surface area contributed by atoms with Gasteiger partial charge in [-0.05, 0) is 226 Å². The molecule has 0 saturated heterocycles. The molecule has 560 valence electrons. The molecular formula is C111H76N8. The zero-order chi connectivity index (χ0) is 79.3. The second kappa shape index (κ2) is 30.3. The van der Waals surface area contributed by atoms with E-state index >= 15 is 0 Å². The van der Waals surface area contributed by atoms with E-state index in [4.69, 9.17) is 29.9 Å². The maximum atomic E-state index is 5.77. The van der Waals surface area contributed by atoms with Crippen LogP contribution in [0, 0.1) is 0 Å². The Morgan fingerprint density at radius 1 is 0.176 bits per heavy atom. The van der Waals surface area contributed by atoms with Gasteiger partial charge in [0.25, 0.3) is 0 Å². The van der Waals surface area contributed by atoms with Crippen LogP contribution in [0.4, 0.5) is 17.3 Å². The predicted molar refractivity (Wildman–Crippen MR) is 490 cm³/mol. The number of nitrogens with zero attached hydrogens (tertiary/aromatic N) is 8. The molecule has 0 N–H and O–H groups in total. The zero-order valence-electron chi connectivity index (χ0n) is 65.5. The van der Waals surface area contributed by atoms with E-state index in [1.807, 2.05) is 36.4 Å². The summed E-state index contributed by atoms with van der Waals surface area (Å²) in [6, 6.07) is 152. The van der Waals surface area contributed by atoms with Crippen LogP contribution >= 0.6 is 0 Å². The van der Waals surface area contributed by atoms with Crippen LogP contribution in [-0.4, -0.2) is 34.5 Å². The molecular weight excluding hydrogens is 1450 g/mol. The molecule has 0 atom stereocenters. The maximum Gasteiger partial charge on any atom is 0.238 e. The van der Waals surface area contributed by atoms with Crippen molar-refractivity contribution in [2.24, 2.45) is 0 Å². The first-order valence-electron chi connectivity index (χ1n) is 40.4. The van der Waals surface area contributed by atoms with Gasteiger partial charge >= 0.3 is 0 Å². The summed E-state index contributed by atoms with van der Waals surface area (Å²) in [5.74, 6) is 3.07. The van der Waals surface area contributed by atoms with Crippen molar-refractivity contribution in [3.63, 3.8) is 0 Å². The summed E-state index contributed by atoms with van der Waals surface area (Å²) < 4.78 is 2.23. The standard InChI is InChI=1S/C111H76N8/c1-111(2)99-70-85(81-48-29-49-82(58-81)94-64-88(73-32-11-3-12-33-73)61-89(65-94)74-34-13-4-14-35-74)56-57-102(99)119(110-115-106(80-46-25-10-26-47-80)113-108(117-110)87-53-31-51-84(60-87)96-68-92(77-40-19-7-20-41-77)63-93(69-96)78-42-21-8-22-43-78)104-72-103-98(71-100(104)111)97-54-27-28-55-101(97)118(103)109-114-105(79-44-23-9-24-45-79)112-107(116-109)86-52-30-50-83(59-86)95-66-90(75-36-15-5-16-37-75)62-91(67-95)76-38-17-6-18-39-76/h3-72H,1-2H3. The highest BCUT2D eigenvalue weighted by molar-refractivity contribution is 6.11. The van der Waals surface area contributed by atoms with Crippen LogP contribution in [0.2, 0.25) is 0 Å². The number of fused-ring (bicyclic) bond motifs is 5. The lowest BCUT2D eigenvalue weighted by molar-refractivity contribution is 0.632. The Hall–Kier alpha value is -15.6. The molecule has 20 aromatic rings. The normalized spacial score (nSPS) is 12.2. The first-order valence-corrected chi connectivity index (χ1v) is 40.4. The van der Waals surface area contributed by atoms with Gasteiger partial charge in [-0.3, -0.25) is 9.47 Å². The first kappa shape index (κ1) is 71.2. The summed E-state index contributed by atoms with van der Waals surface area (Å²) in [6.45, 7) is 4.73. The Labute approximate surface area is 691 Å². The van der Waals surface area contributed by atoms with Crippen molar-refractivity contribution < 1.29 is 0 Å². The van der Waals surface area contributed by atoms with Gasteiger partial charge in [-0.2, -0.15) is 19.9 Å². The monoisotopic (exact) mass is 1520 g/mol. The Kier molecular flexibility index (Phi) is 18.1. The van der Waals surface area contributed by atoms with Crippen molar-refractivity contribution in [3.8, 4) is 163 Å². The average molecular weight is 1520 g/mol. The van der Waals surface area contributed by atoms with Crippen LogP contribution in [0.5, 0.6) is 0 Å². The van der Waals surface area contributed by atoms with Crippen molar-refractivity contribution in [3.05, 3.63) is 436 Å². The second-order valence-electron chi connectivity index (χ2n) is 31.1. The quantitative estimate of drug-likeness (QED) is 0.0953. The molecule has 8 heteroatoms. The number of hydrogen-bond donors (Lipinski definition) is 0. The first-order chi connectivity index (χ1) is 58.7. The topological polar surface area (TPSA) is 85.5 Å². The Bertz CT molecular complexity index is 7050. The summed E-state index contributed by atoms with van der Waals surface area (Å²) >= 11 is 0. The lowest BCUT2D eigenvalue weighted by atomic mass is 9.72. The van der Waals surface area contributed by atoms with Gasteiger partial charge in [0.15, 0.2) is 23.3 Å². The number of para-hydroxylation sites is 1. The van der Waals surface area contributed by atoms with E-state index in [-0.39, 0.29) is 0 Å². The molecule has 8 nitrogen and oxygen atoms in total. The Balaban J connectivity index is 0.764. The fourth-order valence-electron chi connectivity index (χ4n) is 17.1. The molecule has 0 bridgehead atoms. The van der Waals surface area contributed by atoms with Gasteiger partial charge in [-0.25, -0.2) is 9.97 Å². The van der Waals surface area contributed by atoms with Crippen molar-refractivity contribution in [2.75, 3.05) is 4.90 Å². The van der Waals surface area contributed by atoms with Gasteiger partial charge in [0, 0.05) is 38.4 Å². The van der Waals surface area contributed by atoms with Crippen molar-refractivity contribution in [1.82, 2.24) is 34.5 Å². The Morgan fingerprint density at radius 3 is 0.824 bits per heavy atom. The molecule has 17 aromatic carbocycles. The van der Waals surface area contributed by atoms with Crippen LogP contribution in [0.1, 0.15) is 25.0 Å². The van der Waals surface area contributed by atoms with E-state index in [0.29, 0.717) is 35.2 Å². The van der Waals surface area contributed by atoms with E-state index in [2.05, 4.69) is 412 Å². The molecule has 3 aromatic heterocycles. The minimum atomic E-state index is -0.631. The minimum absolute atomic E-state index is 0.456. The summed E-state index contributed by atoms with van der Waals surface area (Å²) in [6.07, 6.45) is 0. The van der Waals surface area contributed by atoms with Crippen molar-refractivity contribution in [1.29, 1.82) is 0 Å². The molecule has 0 fully saturated rings. The van der Waals surface area contributed by atoms with E-state index in [0.717, 1.165) is 178 Å². The zero-order valence-corrected chi connectivity index (χ0v) is 65.5. The van der Waals surface area contributed by atoms with Gasteiger partial charge in [-0.15, -0.1) is 0 Å². The highest BCUT2D eigenvalue weighted by Gasteiger charge is 2.40. The minimum Gasteiger partial charge on any atom is -0.278 e. The average Bonchev–Trinajstić information content (AvgIpc) is 1.66. The third-order valence-electron chi connectivity index (χ3n) is 23.2. The number of aromatic nitrogens is 7. The van der Waals surface area contributed by atoms with Crippen LogP contribution in [0.3, 0.4) is 0 Å². The van der Waals surface area contributed by atoms with Crippen molar-refractivity contribution >= 4 is 39.1 Å². The highest BCUT2D eigenvalue weighted by atomic mass is 15.3. The van der Waals surface area contributed by atoms with Crippen LogP contribution < -0.4 is 4.90 Å². The van der Waals surface area contributed by atoms with E-state index < -0.39 is 5.41 Å². The second-order valence-corrected chi connectivity index (χ2v) is 31.1.